The summed E-state index contributed by atoms with van der Waals surface area (Å²) in [7, 11) is 0. The third-order valence-electron chi connectivity index (χ3n) is 2.15. The molecule has 0 bridgehead atoms. The molecule has 0 saturated carbocycles. The number of allylic oxidation sites excluding steroid dienone is 1. The van der Waals surface area contributed by atoms with Crippen molar-refractivity contribution in [2.24, 2.45) is 0 Å². The minimum absolute atomic E-state index is 0.381. The molecule has 0 fully saturated rings. The second kappa shape index (κ2) is 2.86. The molecule has 1 aliphatic rings. The molecule has 0 aromatic heterocycles. The van der Waals surface area contributed by atoms with Gasteiger partial charge in [-0.25, -0.2) is 0 Å². The SMILES string of the molecule is [CH3][GeH2][C]1=C[CH]c2ccccc21. The van der Waals surface area contributed by atoms with Crippen molar-refractivity contribution in [3.05, 3.63) is 47.9 Å². The molecule has 0 spiro atoms. The Balaban J connectivity index is 2.48. The van der Waals surface area contributed by atoms with E-state index in [9.17, 15) is 0 Å². The van der Waals surface area contributed by atoms with Crippen LogP contribution in [0.25, 0.3) is 4.41 Å². The van der Waals surface area contributed by atoms with Crippen LogP contribution in [-0.4, -0.2) is 15.4 Å². The van der Waals surface area contributed by atoms with Crippen LogP contribution in [0, 0.1) is 6.42 Å². The fourth-order valence-corrected chi connectivity index (χ4v) is 3.74. The van der Waals surface area contributed by atoms with Gasteiger partial charge in [0.05, 0.1) is 0 Å². The molecule has 2 rings (SSSR count). The van der Waals surface area contributed by atoms with E-state index in [0.717, 1.165) is 0 Å². The monoisotopic (exact) mass is 205 g/mol. The van der Waals surface area contributed by atoms with E-state index in [1.807, 2.05) is 0 Å². The van der Waals surface area contributed by atoms with Crippen molar-refractivity contribution in [1.29, 1.82) is 0 Å². The first-order valence-electron chi connectivity index (χ1n) is 4.05. The van der Waals surface area contributed by atoms with Crippen molar-refractivity contribution in [2.45, 2.75) is 5.76 Å². The van der Waals surface area contributed by atoms with Crippen LogP contribution >= 0.6 is 0 Å². The molecule has 0 heterocycles. The van der Waals surface area contributed by atoms with Crippen LogP contribution in [0.5, 0.6) is 0 Å². The number of benzene rings is 1. The van der Waals surface area contributed by atoms with E-state index in [0.29, 0.717) is 0 Å². The van der Waals surface area contributed by atoms with Crippen LogP contribution in [0.1, 0.15) is 11.1 Å². The van der Waals surface area contributed by atoms with E-state index < -0.39 is 0 Å². The first kappa shape index (κ1) is 7.17. The zero-order valence-electron chi connectivity index (χ0n) is 6.67. The van der Waals surface area contributed by atoms with Crippen LogP contribution in [0.3, 0.4) is 0 Å². The second-order valence-corrected chi connectivity index (χ2v) is 5.88. The first-order valence-corrected chi connectivity index (χ1v) is 8.50. The van der Waals surface area contributed by atoms with Gasteiger partial charge in [0.2, 0.25) is 0 Å². The normalized spacial score (nSPS) is 15.5. The summed E-state index contributed by atoms with van der Waals surface area (Å²) >= 11 is -0.381. The third kappa shape index (κ3) is 1.16. The molecular formula is C10H11Ge. The predicted octanol–water partition coefficient (Wildman–Crippen LogP) is 1.81. The van der Waals surface area contributed by atoms with Gasteiger partial charge in [0.15, 0.2) is 0 Å². The summed E-state index contributed by atoms with van der Waals surface area (Å²) in [5.41, 5.74) is 2.91. The maximum atomic E-state index is 2.38. The van der Waals surface area contributed by atoms with Gasteiger partial charge in [-0.1, -0.05) is 0 Å². The van der Waals surface area contributed by atoms with Gasteiger partial charge in [-0.15, -0.1) is 0 Å². The molecule has 11 heavy (non-hydrogen) atoms. The first-order chi connectivity index (χ1) is 5.42. The zero-order chi connectivity index (χ0) is 7.68. The molecule has 1 aromatic carbocycles. The molecular weight excluding hydrogens is 193 g/mol. The summed E-state index contributed by atoms with van der Waals surface area (Å²) in [4.78, 5) is 0. The van der Waals surface area contributed by atoms with Gasteiger partial charge < -0.3 is 0 Å². The molecule has 0 N–H and O–H groups in total. The summed E-state index contributed by atoms with van der Waals surface area (Å²) in [6.45, 7) is 0. The summed E-state index contributed by atoms with van der Waals surface area (Å²) in [6, 6.07) is 8.66. The molecule has 0 amide bonds. The second-order valence-electron chi connectivity index (χ2n) is 2.80. The van der Waals surface area contributed by atoms with Crippen molar-refractivity contribution in [1.82, 2.24) is 0 Å². The molecule has 0 saturated heterocycles. The fourth-order valence-electron chi connectivity index (χ4n) is 1.52. The molecule has 0 nitrogen and oxygen atoms in total. The summed E-state index contributed by atoms with van der Waals surface area (Å²) < 4.78 is 1.65. The molecule has 1 aromatic rings. The molecule has 1 radical (unpaired) electrons. The van der Waals surface area contributed by atoms with Crippen LogP contribution < -0.4 is 0 Å². The van der Waals surface area contributed by atoms with Crippen molar-refractivity contribution in [3.63, 3.8) is 0 Å². The predicted molar refractivity (Wildman–Crippen MR) is 52.2 cm³/mol. The number of hydrogen-bond donors (Lipinski definition) is 0. The van der Waals surface area contributed by atoms with Crippen LogP contribution in [0.15, 0.2) is 30.3 Å². The molecule has 55 valence electrons. The van der Waals surface area contributed by atoms with Gasteiger partial charge in [-0.2, -0.15) is 0 Å². The van der Waals surface area contributed by atoms with E-state index >= 15 is 0 Å². The van der Waals surface area contributed by atoms with E-state index in [1.165, 1.54) is 11.1 Å². The Morgan fingerprint density at radius 3 is 2.82 bits per heavy atom. The topological polar surface area (TPSA) is 0 Å². The zero-order valence-corrected chi connectivity index (χ0v) is 9.64. The van der Waals surface area contributed by atoms with Crippen molar-refractivity contribution in [2.75, 3.05) is 0 Å². The van der Waals surface area contributed by atoms with Crippen LogP contribution in [-0.2, 0) is 0 Å². The quantitative estimate of drug-likeness (QED) is 0.611. The van der Waals surface area contributed by atoms with Gasteiger partial charge >= 0.3 is 73.5 Å². The molecule has 1 heteroatoms. The Morgan fingerprint density at radius 2 is 2.00 bits per heavy atom. The Hall–Kier alpha value is -0.497. The van der Waals surface area contributed by atoms with E-state index in [2.05, 4.69) is 42.5 Å². The fraction of sp³-hybridized carbons (Fsp3) is 0.100. The summed E-state index contributed by atoms with van der Waals surface area (Å²) in [5, 5.41) is 0. The van der Waals surface area contributed by atoms with Crippen molar-refractivity contribution < 1.29 is 0 Å². The Morgan fingerprint density at radius 1 is 1.18 bits per heavy atom. The Kier molecular flexibility index (Phi) is 1.86. The average Bonchev–Trinajstić information content (AvgIpc) is 2.47. The number of hydrogen-bond acceptors (Lipinski definition) is 0. The maximum absolute atomic E-state index is 2.38. The molecule has 0 aliphatic heterocycles. The Labute approximate surface area is 73.8 Å². The number of rotatable bonds is 1. The third-order valence-corrected chi connectivity index (χ3v) is 5.04. The van der Waals surface area contributed by atoms with Crippen LogP contribution in [0.2, 0.25) is 5.76 Å². The number of fused-ring (bicyclic) bond motifs is 1. The average molecular weight is 204 g/mol. The summed E-state index contributed by atoms with van der Waals surface area (Å²) in [6.07, 6.45) is 4.53. The van der Waals surface area contributed by atoms with Gasteiger partial charge in [-0.05, 0) is 0 Å². The van der Waals surface area contributed by atoms with Gasteiger partial charge in [0.1, 0.15) is 0 Å². The van der Waals surface area contributed by atoms with Gasteiger partial charge in [0, 0.05) is 0 Å². The van der Waals surface area contributed by atoms with Crippen molar-refractivity contribution >= 4 is 19.8 Å². The molecule has 0 atom stereocenters. The minimum atomic E-state index is -0.381. The van der Waals surface area contributed by atoms with E-state index in [4.69, 9.17) is 0 Å². The van der Waals surface area contributed by atoms with Gasteiger partial charge in [-0.3, -0.25) is 0 Å². The molecule has 0 unspecified atom stereocenters. The standard InChI is InChI=1S/C10H11Ge/c1-11-10-7-6-8-4-2-3-5-9(8)10/h2-7H,11H2,1H3. The summed E-state index contributed by atoms with van der Waals surface area (Å²) in [5.74, 6) is 2.38. The van der Waals surface area contributed by atoms with E-state index in [-0.39, 0.29) is 15.4 Å². The van der Waals surface area contributed by atoms with Crippen molar-refractivity contribution in [3.8, 4) is 0 Å². The molecule has 1 aliphatic carbocycles. The van der Waals surface area contributed by atoms with Crippen LogP contribution in [0.4, 0.5) is 0 Å². The Bertz CT molecular complexity index is 299. The van der Waals surface area contributed by atoms with E-state index in [1.54, 1.807) is 4.41 Å². The van der Waals surface area contributed by atoms with Gasteiger partial charge in [0.25, 0.3) is 0 Å².